The van der Waals surface area contributed by atoms with Crippen molar-refractivity contribution in [3.05, 3.63) is 42.4 Å². The molecule has 0 unspecified atom stereocenters. The summed E-state index contributed by atoms with van der Waals surface area (Å²) in [5.41, 5.74) is 0.699. The van der Waals surface area contributed by atoms with E-state index in [0.29, 0.717) is 10.9 Å². The van der Waals surface area contributed by atoms with Crippen LogP contribution >= 0.6 is 11.8 Å². The fourth-order valence-electron chi connectivity index (χ4n) is 2.69. The largest absolute Gasteiger partial charge is 0.465 e. The van der Waals surface area contributed by atoms with Crippen LogP contribution in [0.25, 0.3) is 0 Å². The molecule has 10 heteroatoms. The van der Waals surface area contributed by atoms with Crippen LogP contribution in [0.2, 0.25) is 0 Å². The SMILES string of the molecule is CCOC(=O)Cn1cnc(N=C2SCC(=O)N2c2ccccc2)c1C(=O)OCC. The van der Waals surface area contributed by atoms with E-state index in [1.807, 2.05) is 18.2 Å². The third kappa shape index (κ3) is 4.65. The Morgan fingerprint density at radius 2 is 1.90 bits per heavy atom. The Labute approximate surface area is 171 Å². The van der Waals surface area contributed by atoms with Gasteiger partial charge in [-0.05, 0) is 26.0 Å². The lowest BCUT2D eigenvalue weighted by atomic mass is 10.3. The highest BCUT2D eigenvalue weighted by molar-refractivity contribution is 8.15. The van der Waals surface area contributed by atoms with E-state index in [2.05, 4.69) is 9.98 Å². The van der Waals surface area contributed by atoms with Gasteiger partial charge in [-0.2, -0.15) is 0 Å². The van der Waals surface area contributed by atoms with Crippen LogP contribution in [-0.4, -0.2) is 51.5 Å². The lowest BCUT2D eigenvalue weighted by Gasteiger charge is -2.15. The standard InChI is InChI=1S/C19H20N4O5S/c1-3-27-15(25)10-22-12-20-17(16(22)18(26)28-4-2)21-19-23(14(24)11-29-19)13-8-6-5-7-9-13/h5-9,12H,3-4,10-11H2,1-2H3. The molecule has 0 spiro atoms. The number of benzene rings is 1. The molecule has 9 nitrogen and oxygen atoms in total. The number of anilines is 1. The van der Waals surface area contributed by atoms with Crippen LogP contribution in [0.5, 0.6) is 0 Å². The molecule has 152 valence electrons. The quantitative estimate of drug-likeness (QED) is 0.639. The normalized spacial score (nSPS) is 15.0. The molecule has 2 heterocycles. The number of aliphatic imine (C=N–C) groups is 1. The molecule has 1 aliphatic heterocycles. The van der Waals surface area contributed by atoms with Crippen LogP contribution in [0.3, 0.4) is 0 Å². The number of nitrogens with zero attached hydrogens (tertiary/aromatic N) is 4. The Bertz CT molecular complexity index is 941. The molecule has 0 N–H and O–H groups in total. The van der Waals surface area contributed by atoms with Gasteiger partial charge in [0.25, 0.3) is 0 Å². The molecule has 29 heavy (non-hydrogen) atoms. The first-order valence-corrected chi connectivity index (χ1v) is 10.0. The van der Waals surface area contributed by atoms with E-state index in [-0.39, 0.29) is 42.9 Å². The lowest BCUT2D eigenvalue weighted by molar-refractivity contribution is -0.143. The number of carbonyl (C=O) groups excluding carboxylic acids is 3. The topological polar surface area (TPSA) is 103 Å². The number of aromatic nitrogens is 2. The summed E-state index contributed by atoms with van der Waals surface area (Å²) in [6.07, 6.45) is 1.33. The van der Waals surface area contributed by atoms with Gasteiger partial charge >= 0.3 is 11.9 Å². The van der Waals surface area contributed by atoms with Gasteiger partial charge < -0.3 is 14.0 Å². The number of hydrogen-bond acceptors (Lipinski definition) is 8. The number of esters is 2. The van der Waals surface area contributed by atoms with Crippen molar-refractivity contribution < 1.29 is 23.9 Å². The summed E-state index contributed by atoms with van der Waals surface area (Å²) < 4.78 is 11.4. The predicted octanol–water partition coefficient (Wildman–Crippen LogP) is 2.39. The minimum Gasteiger partial charge on any atom is -0.465 e. The van der Waals surface area contributed by atoms with Crippen LogP contribution in [0, 0.1) is 0 Å². The van der Waals surface area contributed by atoms with Crippen LogP contribution in [0.1, 0.15) is 24.3 Å². The van der Waals surface area contributed by atoms with Crippen molar-refractivity contribution in [3.8, 4) is 0 Å². The molecular weight excluding hydrogens is 396 g/mol. The molecule has 3 rings (SSSR count). The summed E-state index contributed by atoms with van der Waals surface area (Å²) in [7, 11) is 0. The van der Waals surface area contributed by atoms with Gasteiger partial charge in [-0.1, -0.05) is 30.0 Å². The van der Waals surface area contributed by atoms with Gasteiger partial charge in [-0.25, -0.2) is 14.8 Å². The number of imidazole rings is 1. The maximum Gasteiger partial charge on any atom is 0.358 e. The monoisotopic (exact) mass is 416 g/mol. The fraction of sp³-hybridized carbons (Fsp3) is 0.316. The Morgan fingerprint density at radius 3 is 2.59 bits per heavy atom. The summed E-state index contributed by atoms with van der Waals surface area (Å²) >= 11 is 1.25. The molecule has 1 amide bonds. The average molecular weight is 416 g/mol. The Balaban J connectivity index is 1.99. The molecule has 1 fully saturated rings. The first-order valence-electron chi connectivity index (χ1n) is 9.02. The zero-order valence-corrected chi connectivity index (χ0v) is 16.8. The van der Waals surface area contributed by atoms with E-state index in [1.54, 1.807) is 26.0 Å². The maximum atomic E-state index is 12.5. The molecule has 0 atom stereocenters. The summed E-state index contributed by atoms with van der Waals surface area (Å²) in [6, 6.07) is 9.09. The molecule has 1 saturated heterocycles. The summed E-state index contributed by atoms with van der Waals surface area (Å²) in [5, 5.41) is 0.396. The zero-order valence-electron chi connectivity index (χ0n) is 16.0. The molecule has 0 aliphatic carbocycles. The molecule has 1 aliphatic rings. The Kier molecular flexibility index (Phi) is 6.65. The Morgan fingerprint density at radius 1 is 1.17 bits per heavy atom. The average Bonchev–Trinajstić information content (AvgIpc) is 3.26. The second-order valence-electron chi connectivity index (χ2n) is 5.82. The predicted molar refractivity (Wildman–Crippen MR) is 108 cm³/mol. The molecular formula is C19H20N4O5S. The summed E-state index contributed by atoms with van der Waals surface area (Å²) in [4.78, 5) is 46.8. The van der Waals surface area contributed by atoms with E-state index < -0.39 is 11.9 Å². The number of amides is 1. The molecule has 2 aromatic rings. The summed E-state index contributed by atoms with van der Waals surface area (Å²) in [5.74, 6) is -0.985. The van der Waals surface area contributed by atoms with Gasteiger partial charge in [0, 0.05) is 0 Å². The highest BCUT2D eigenvalue weighted by atomic mass is 32.2. The van der Waals surface area contributed by atoms with Gasteiger partial charge in [0.15, 0.2) is 16.7 Å². The van der Waals surface area contributed by atoms with E-state index in [1.165, 1.54) is 27.6 Å². The number of carbonyl (C=O) groups is 3. The first-order chi connectivity index (χ1) is 14.0. The number of para-hydroxylation sites is 1. The van der Waals surface area contributed by atoms with Gasteiger partial charge in [-0.3, -0.25) is 14.5 Å². The van der Waals surface area contributed by atoms with E-state index in [9.17, 15) is 14.4 Å². The second-order valence-corrected chi connectivity index (χ2v) is 6.76. The van der Waals surface area contributed by atoms with E-state index in [0.717, 1.165) is 0 Å². The van der Waals surface area contributed by atoms with Gasteiger partial charge in [-0.15, -0.1) is 0 Å². The van der Waals surface area contributed by atoms with Crippen LogP contribution < -0.4 is 4.90 Å². The van der Waals surface area contributed by atoms with Crippen molar-refractivity contribution in [1.29, 1.82) is 0 Å². The number of amidine groups is 1. The van der Waals surface area contributed by atoms with Gasteiger partial charge in [0.2, 0.25) is 5.91 Å². The lowest BCUT2D eigenvalue weighted by Crippen LogP contribution is -2.29. The molecule has 0 saturated carbocycles. The fourth-order valence-corrected chi connectivity index (χ4v) is 3.56. The smallest absolute Gasteiger partial charge is 0.358 e. The second kappa shape index (κ2) is 9.37. The molecule has 1 aromatic heterocycles. The minimum absolute atomic E-state index is 0.0281. The number of ether oxygens (including phenoxy) is 2. The summed E-state index contributed by atoms with van der Waals surface area (Å²) in [6.45, 7) is 3.56. The van der Waals surface area contributed by atoms with Crippen LogP contribution in [0.4, 0.5) is 11.5 Å². The highest BCUT2D eigenvalue weighted by Gasteiger charge is 2.31. The van der Waals surface area contributed by atoms with Crippen molar-refractivity contribution in [2.24, 2.45) is 4.99 Å². The Hall–Kier alpha value is -3.14. The highest BCUT2D eigenvalue weighted by Crippen LogP contribution is 2.29. The number of hydrogen-bond donors (Lipinski definition) is 0. The number of thioether (sulfide) groups is 1. The van der Waals surface area contributed by atoms with Crippen molar-refractivity contribution in [3.63, 3.8) is 0 Å². The third-order valence-electron chi connectivity index (χ3n) is 3.87. The zero-order chi connectivity index (χ0) is 20.8. The molecule has 0 radical (unpaired) electrons. The van der Waals surface area contributed by atoms with Crippen molar-refractivity contribution in [2.75, 3.05) is 23.9 Å². The number of rotatable bonds is 7. The van der Waals surface area contributed by atoms with E-state index >= 15 is 0 Å². The van der Waals surface area contributed by atoms with Crippen LogP contribution in [-0.2, 0) is 25.6 Å². The third-order valence-corrected chi connectivity index (χ3v) is 4.80. The van der Waals surface area contributed by atoms with Crippen molar-refractivity contribution >= 4 is 46.3 Å². The molecule has 0 bridgehead atoms. The maximum absolute atomic E-state index is 12.5. The van der Waals surface area contributed by atoms with Gasteiger partial charge in [0.05, 0.1) is 31.0 Å². The minimum atomic E-state index is -0.658. The van der Waals surface area contributed by atoms with Crippen LogP contribution in [0.15, 0.2) is 41.7 Å². The first kappa shape index (κ1) is 20.6. The molecule has 1 aromatic carbocycles. The van der Waals surface area contributed by atoms with Crippen molar-refractivity contribution in [2.45, 2.75) is 20.4 Å². The van der Waals surface area contributed by atoms with Crippen molar-refractivity contribution in [1.82, 2.24) is 9.55 Å². The van der Waals surface area contributed by atoms with Gasteiger partial charge in [0.1, 0.15) is 6.54 Å². The van der Waals surface area contributed by atoms with E-state index in [4.69, 9.17) is 9.47 Å².